The molecule has 4 heterocycles. The van der Waals surface area contributed by atoms with Gasteiger partial charge in [-0.3, -0.25) is 4.90 Å². The van der Waals surface area contributed by atoms with Crippen LogP contribution in [0.4, 0.5) is 0 Å². The van der Waals surface area contributed by atoms with E-state index >= 15 is 0 Å². The molecule has 7 heteroatoms. The van der Waals surface area contributed by atoms with Gasteiger partial charge in [0.25, 0.3) is 0 Å². The Hall–Kier alpha value is -2.64. The lowest BCUT2D eigenvalue weighted by Gasteiger charge is -2.43. The Morgan fingerprint density at radius 1 is 0.897 bits per heavy atom. The number of hydrogen-bond donors (Lipinski definition) is 0. The van der Waals surface area contributed by atoms with E-state index in [1.54, 1.807) is 14.2 Å². The highest BCUT2D eigenvalue weighted by atomic mass is 16.7. The molecule has 2 aromatic carbocycles. The van der Waals surface area contributed by atoms with Gasteiger partial charge in [-0.2, -0.15) is 0 Å². The second kappa shape index (κ2) is 6.43. The highest BCUT2D eigenvalue weighted by Gasteiger charge is 2.40. The standard InChI is InChI=1S/C22H23NO6/c1-24-17-6-13-8-23-4-3-12-5-18(25-2)21-22(29-11-28-21)19(12)16(23)7-14(13)15-9-26-10-27-20(15)17/h5-6,16H,3-4,7-11H2,1-2H3. The fourth-order valence-electron chi connectivity index (χ4n) is 5.16. The van der Waals surface area contributed by atoms with Crippen molar-refractivity contribution in [1.82, 2.24) is 4.90 Å². The summed E-state index contributed by atoms with van der Waals surface area (Å²) in [6, 6.07) is 4.47. The van der Waals surface area contributed by atoms with Gasteiger partial charge in [0, 0.05) is 30.3 Å². The van der Waals surface area contributed by atoms with E-state index in [0.717, 1.165) is 60.2 Å². The summed E-state index contributed by atoms with van der Waals surface area (Å²) in [5.41, 5.74) is 6.22. The van der Waals surface area contributed by atoms with Crippen LogP contribution in [-0.4, -0.2) is 39.3 Å². The molecular weight excluding hydrogens is 374 g/mol. The monoisotopic (exact) mass is 397 g/mol. The van der Waals surface area contributed by atoms with E-state index in [-0.39, 0.29) is 19.6 Å². The molecule has 0 bridgehead atoms. The zero-order valence-corrected chi connectivity index (χ0v) is 16.6. The summed E-state index contributed by atoms with van der Waals surface area (Å²) in [6.45, 7) is 2.91. The van der Waals surface area contributed by atoms with Crippen LogP contribution in [0.5, 0.6) is 28.7 Å². The molecular formula is C22H23NO6. The predicted octanol–water partition coefficient (Wildman–Crippen LogP) is 2.95. The number of ether oxygens (including phenoxy) is 6. The van der Waals surface area contributed by atoms with Crippen LogP contribution in [-0.2, 0) is 30.7 Å². The molecule has 0 spiro atoms. The molecule has 0 amide bonds. The van der Waals surface area contributed by atoms with Gasteiger partial charge in [-0.05, 0) is 41.7 Å². The van der Waals surface area contributed by atoms with Gasteiger partial charge in [0.2, 0.25) is 12.5 Å². The summed E-state index contributed by atoms with van der Waals surface area (Å²) in [5, 5.41) is 0. The van der Waals surface area contributed by atoms with Gasteiger partial charge in [-0.15, -0.1) is 0 Å². The molecule has 4 aliphatic rings. The molecule has 152 valence electrons. The Morgan fingerprint density at radius 3 is 2.52 bits per heavy atom. The SMILES string of the molecule is COc1cc2c(c3c1OCOC3)CC1c3c(cc(OC)c4c3OCO4)CCN1C2. The second-order valence-corrected chi connectivity index (χ2v) is 7.79. The van der Waals surface area contributed by atoms with Gasteiger partial charge >= 0.3 is 0 Å². The summed E-state index contributed by atoms with van der Waals surface area (Å²) in [7, 11) is 3.37. The molecule has 0 aliphatic carbocycles. The van der Waals surface area contributed by atoms with Gasteiger partial charge in [-0.25, -0.2) is 0 Å². The van der Waals surface area contributed by atoms with Gasteiger partial charge < -0.3 is 28.4 Å². The maximum atomic E-state index is 5.93. The lowest BCUT2D eigenvalue weighted by Crippen LogP contribution is -2.40. The molecule has 2 aromatic rings. The number of fused-ring (bicyclic) bond motifs is 8. The average molecular weight is 397 g/mol. The van der Waals surface area contributed by atoms with Gasteiger partial charge in [0.15, 0.2) is 29.8 Å². The first-order chi connectivity index (χ1) is 14.3. The fraction of sp³-hybridized carbons (Fsp3) is 0.455. The van der Waals surface area contributed by atoms with Crippen LogP contribution in [0.15, 0.2) is 12.1 Å². The largest absolute Gasteiger partial charge is 0.493 e. The van der Waals surface area contributed by atoms with Crippen molar-refractivity contribution in [2.45, 2.75) is 32.0 Å². The molecule has 1 atom stereocenters. The number of nitrogens with zero attached hydrogens (tertiary/aromatic N) is 1. The molecule has 0 aromatic heterocycles. The van der Waals surface area contributed by atoms with Crippen molar-refractivity contribution in [3.63, 3.8) is 0 Å². The van der Waals surface area contributed by atoms with Gasteiger partial charge in [-0.1, -0.05) is 0 Å². The van der Waals surface area contributed by atoms with E-state index in [2.05, 4.69) is 17.0 Å². The van der Waals surface area contributed by atoms with Crippen LogP contribution in [0.1, 0.15) is 33.9 Å². The quantitative estimate of drug-likeness (QED) is 0.772. The molecule has 0 N–H and O–H groups in total. The minimum absolute atomic E-state index is 0.229. The maximum absolute atomic E-state index is 5.93. The lowest BCUT2D eigenvalue weighted by molar-refractivity contribution is -0.0191. The molecule has 6 rings (SSSR count). The van der Waals surface area contributed by atoms with Crippen LogP contribution in [0.2, 0.25) is 0 Å². The molecule has 7 nitrogen and oxygen atoms in total. The van der Waals surface area contributed by atoms with Crippen LogP contribution in [0.3, 0.4) is 0 Å². The maximum Gasteiger partial charge on any atom is 0.231 e. The zero-order valence-electron chi connectivity index (χ0n) is 16.6. The van der Waals surface area contributed by atoms with Crippen LogP contribution in [0, 0.1) is 0 Å². The first-order valence-corrected chi connectivity index (χ1v) is 9.94. The molecule has 1 unspecified atom stereocenters. The minimum Gasteiger partial charge on any atom is -0.493 e. The molecule has 0 saturated carbocycles. The van der Waals surface area contributed by atoms with Gasteiger partial charge in [0.1, 0.15) is 0 Å². The second-order valence-electron chi connectivity index (χ2n) is 7.79. The Kier molecular flexibility index (Phi) is 3.82. The Balaban J connectivity index is 1.49. The summed E-state index contributed by atoms with van der Waals surface area (Å²) < 4.78 is 34.2. The van der Waals surface area contributed by atoms with Crippen LogP contribution >= 0.6 is 0 Å². The van der Waals surface area contributed by atoms with Crippen molar-refractivity contribution >= 4 is 0 Å². The van der Waals surface area contributed by atoms with Crippen molar-refractivity contribution in [3.8, 4) is 28.7 Å². The molecule has 29 heavy (non-hydrogen) atoms. The van der Waals surface area contributed by atoms with Crippen molar-refractivity contribution in [1.29, 1.82) is 0 Å². The van der Waals surface area contributed by atoms with Crippen molar-refractivity contribution in [2.75, 3.05) is 34.4 Å². The summed E-state index contributed by atoms with van der Waals surface area (Å²) >= 11 is 0. The van der Waals surface area contributed by atoms with E-state index in [4.69, 9.17) is 28.4 Å². The van der Waals surface area contributed by atoms with Crippen LogP contribution in [0.25, 0.3) is 0 Å². The highest BCUT2D eigenvalue weighted by molar-refractivity contribution is 5.63. The van der Waals surface area contributed by atoms with E-state index in [0.29, 0.717) is 6.61 Å². The third kappa shape index (κ3) is 2.44. The Labute approximate surface area is 169 Å². The normalized spacial score (nSPS) is 21.4. The van der Waals surface area contributed by atoms with Crippen LogP contribution < -0.4 is 23.7 Å². The molecule has 0 saturated heterocycles. The van der Waals surface area contributed by atoms with Crippen molar-refractivity contribution in [2.24, 2.45) is 0 Å². The minimum atomic E-state index is 0.229. The highest BCUT2D eigenvalue weighted by Crippen LogP contribution is 2.53. The summed E-state index contributed by atoms with van der Waals surface area (Å²) in [5.74, 6) is 3.93. The molecule has 4 aliphatic heterocycles. The van der Waals surface area contributed by atoms with E-state index in [1.165, 1.54) is 22.3 Å². The van der Waals surface area contributed by atoms with Gasteiger partial charge in [0.05, 0.1) is 20.8 Å². The lowest BCUT2D eigenvalue weighted by atomic mass is 9.81. The van der Waals surface area contributed by atoms with Crippen molar-refractivity contribution < 1.29 is 28.4 Å². The number of benzene rings is 2. The summed E-state index contributed by atoms with van der Waals surface area (Å²) in [4.78, 5) is 2.52. The van der Waals surface area contributed by atoms with E-state index < -0.39 is 0 Å². The number of rotatable bonds is 2. The third-order valence-corrected chi connectivity index (χ3v) is 6.47. The molecule has 0 fully saturated rings. The summed E-state index contributed by atoms with van der Waals surface area (Å²) in [6.07, 6.45) is 1.84. The third-order valence-electron chi connectivity index (χ3n) is 6.47. The van der Waals surface area contributed by atoms with E-state index in [1.807, 2.05) is 0 Å². The number of methoxy groups -OCH3 is 2. The number of hydrogen-bond acceptors (Lipinski definition) is 7. The van der Waals surface area contributed by atoms with E-state index in [9.17, 15) is 0 Å². The first-order valence-electron chi connectivity index (χ1n) is 9.94. The fourth-order valence-corrected chi connectivity index (χ4v) is 5.16. The smallest absolute Gasteiger partial charge is 0.231 e. The average Bonchev–Trinajstić information content (AvgIpc) is 3.26. The first kappa shape index (κ1) is 17.2. The Bertz CT molecular complexity index is 1000. The zero-order chi connectivity index (χ0) is 19.5. The predicted molar refractivity (Wildman–Crippen MR) is 103 cm³/mol. The van der Waals surface area contributed by atoms with Crippen molar-refractivity contribution in [3.05, 3.63) is 39.9 Å². The topological polar surface area (TPSA) is 58.6 Å². The molecule has 0 radical (unpaired) electrons. The Morgan fingerprint density at radius 2 is 1.66 bits per heavy atom.